The van der Waals surface area contributed by atoms with E-state index in [1.54, 1.807) is 18.2 Å². The first-order chi connectivity index (χ1) is 12.7. The van der Waals surface area contributed by atoms with Crippen molar-refractivity contribution in [2.45, 2.75) is 6.92 Å². The minimum absolute atomic E-state index is 0.0880. The van der Waals surface area contributed by atoms with Gasteiger partial charge in [-0.05, 0) is 31.2 Å². The number of rotatable bonds is 6. The van der Waals surface area contributed by atoms with E-state index in [0.29, 0.717) is 23.8 Å². The molecule has 0 aliphatic carbocycles. The molecule has 0 radical (unpaired) electrons. The summed E-state index contributed by atoms with van der Waals surface area (Å²) >= 11 is 0. The number of fused-ring (bicyclic) bond motifs is 1. The van der Waals surface area contributed by atoms with Gasteiger partial charge in [0.25, 0.3) is 11.8 Å². The number of carbonyl (C=O) groups is 2. The standard InChI is InChI=1S/C19H19N3O4/c1-2-25-16-9-5-3-7-14(16)11-20-21-18(23)12-22-15-8-4-6-10-17(15)26-13-19(22)24/h3-11H,2,12-13H2,1H3,(H,21,23)/b20-11-. The summed E-state index contributed by atoms with van der Waals surface area (Å²) in [6.07, 6.45) is 1.51. The second-order valence-corrected chi connectivity index (χ2v) is 5.50. The van der Waals surface area contributed by atoms with Crippen molar-refractivity contribution < 1.29 is 19.1 Å². The Kier molecular flexibility index (Phi) is 5.48. The van der Waals surface area contributed by atoms with Crippen LogP contribution < -0.4 is 19.8 Å². The van der Waals surface area contributed by atoms with Gasteiger partial charge in [-0.2, -0.15) is 5.10 Å². The second kappa shape index (κ2) is 8.15. The van der Waals surface area contributed by atoms with Crippen LogP contribution in [0.3, 0.4) is 0 Å². The first-order valence-corrected chi connectivity index (χ1v) is 8.25. The maximum absolute atomic E-state index is 12.2. The molecule has 26 heavy (non-hydrogen) atoms. The third-order valence-corrected chi connectivity index (χ3v) is 3.72. The summed E-state index contributed by atoms with van der Waals surface area (Å²) in [5, 5.41) is 3.96. The second-order valence-electron chi connectivity index (χ2n) is 5.50. The molecule has 0 fully saturated rings. The molecule has 1 N–H and O–H groups in total. The molecule has 7 heteroatoms. The molecule has 0 atom stereocenters. The largest absolute Gasteiger partial charge is 0.493 e. The number of para-hydroxylation sites is 3. The molecular weight excluding hydrogens is 334 g/mol. The predicted molar refractivity (Wildman–Crippen MR) is 97.6 cm³/mol. The van der Waals surface area contributed by atoms with Crippen molar-refractivity contribution in [3.63, 3.8) is 0 Å². The lowest BCUT2D eigenvalue weighted by molar-refractivity contribution is -0.125. The van der Waals surface area contributed by atoms with E-state index < -0.39 is 5.91 Å². The van der Waals surface area contributed by atoms with Gasteiger partial charge in [0.15, 0.2) is 6.61 Å². The van der Waals surface area contributed by atoms with Crippen LogP contribution in [-0.4, -0.2) is 37.8 Å². The van der Waals surface area contributed by atoms with Crippen molar-refractivity contribution >= 4 is 23.7 Å². The van der Waals surface area contributed by atoms with Crippen molar-refractivity contribution in [1.29, 1.82) is 0 Å². The topological polar surface area (TPSA) is 80.2 Å². The highest BCUT2D eigenvalue weighted by molar-refractivity contribution is 6.02. The van der Waals surface area contributed by atoms with Crippen molar-refractivity contribution in [3.05, 3.63) is 54.1 Å². The molecule has 0 bridgehead atoms. The van der Waals surface area contributed by atoms with E-state index in [1.807, 2.05) is 37.3 Å². The summed E-state index contributed by atoms with van der Waals surface area (Å²) in [7, 11) is 0. The van der Waals surface area contributed by atoms with Gasteiger partial charge in [-0.25, -0.2) is 5.43 Å². The number of carbonyl (C=O) groups excluding carboxylic acids is 2. The van der Waals surface area contributed by atoms with Gasteiger partial charge in [-0.15, -0.1) is 0 Å². The highest BCUT2D eigenvalue weighted by atomic mass is 16.5. The van der Waals surface area contributed by atoms with Crippen molar-refractivity contribution in [3.8, 4) is 11.5 Å². The van der Waals surface area contributed by atoms with E-state index in [-0.39, 0.29) is 19.1 Å². The van der Waals surface area contributed by atoms with Gasteiger partial charge in [-0.3, -0.25) is 14.5 Å². The predicted octanol–water partition coefficient (Wildman–Crippen LogP) is 1.96. The zero-order valence-electron chi connectivity index (χ0n) is 14.3. The molecule has 0 unspecified atom stereocenters. The maximum atomic E-state index is 12.2. The minimum atomic E-state index is -0.403. The Morgan fingerprint density at radius 2 is 2.04 bits per heavy atom. The Hall–Kier alpha value is -3.35. The Morgan fingerprint density at radius 1 is 1.27 bits per heavy atom. The van der Waals surface area contributed by atoms with Crippen molar-refractivity contribution in [2.75, 3.05) is 24.7 Å². The normalized spacial score (nSPS) is 13.3. The molecule has 3 rings (SSSR count). The molecule has 134 valence electrons. The number of nitrogens with one attached hydrogen (secondary N) is 1. The van der Waals surface area contributed by atoms with E-state index in [4.69, 9.17) is 9.47 Å². The summed E-state index contributed by atoms with van der Waals surface area (Å²) in [6.45, 7) is 2.21. The lowest BCUT2D eigenvalue weighted by Gasteiger charge is -2.28. The van der Waals surface area contributed by atoms with Gasteiger partial charge >= 0.3 is 0 Å². The van der Waals surface area contributed by atoms with E-state index in [9.17, 15) is 9.59 Å². The zero-order chi connectivity index (χ0) is 18.4. The molecule has 0 spiro atoms. The van der Waals surface area contributed by atoms with Crippen molar-refractivity contribution in [2.24, 2.45) is 5.10 Å². The Morgan fingerprint density at radius 3 is 2.88 bits per heavy atom. The van der Waals surface area contributed by atoms with Gasteiger partial charge in [0.05, 0.1) is 18.5 Å². The summed E-state index contributed by atoms with van der Waals surface area (Å²) in [4.78, 5) is 25.6. The van der Waals surface area contributed by atoms with Crippen LogP contribution in [0.5, 0.6) is 11.5 Å². The molecule has 1 heterocycles. The van der Waals surface area contributed by atoms with Gasteiger partial charge < -0.3 is 9.47 Å². The highest BCUT2D eigenvalue weighted by Gasteiger charge is 2.26. The molecule has 0 saturated carbocycles. The molecule has 1 aliphatic heterocycles. The zero-order valence-corrected chi connectivity index (χ0v) is 14.3. The fourth-order valence-electron chi connectivity index (χ4n) is 2.55. The number of anilines is 1. The number of amides is 2. The smallest absolute Gasteiger partial charge is 0.265 e. The van der Waals surface area contributed by atoms with E-state index in [1.165, 1.54) is 11.1 Å². The van der Waals surface area contributed by atoms with Crippen LogP contribution in [-0.2, 0) is 9.59 Å². The molecule has 2 aromatic carbocycles. The summed E-state index contributed by atoms with van der Waals surface area (Å²) in [5.41, 5.74) is 3.77. The van der Waals surface area contributed by atoms with E-state index >= 15 is 0 Å². The highest BCUT2D eigenvalue weighted by Crippen LogP contribution is 2.31. The van der Waals surface area contributed by atoms with Gasteiger partial charge in [0, 0.05) is 5.56 Å². The number of benzene rings is 2. The fraction of sp³-hybridized carbons (Fsp3) is 0.211. The lowest BCUT2D eigenvalue weighted by atomic mass is 10.2. The molecule has 2 amide bonds. The number of hydrogen-bond donors (Lipinski definition) is 1. The first kappa shape index (κ1) is 17.5. The summed E-state index contributed by atoms with van der Waals surface area (Å²) in [5.74, 6) is 0.587. The van der Waals surface area contributed by atoms with Crippen LogP contribution >= 0.6 is 0 Å². The lowest BCUT2D eigenvalue weighted by Crippen LogP contribution is -2.44. The molecule has 0 aromatic heterocycles. The molecule has 2 aromatic rings. The van der Waals surface area contributed by atoms with Crippen LogP contribution in [0.25, 0.3) is 0 Å². The SMILES string of the molecule is CCOc1ccccc1/C=N\NC(=O)CN1C(=O)COc2ccccc21. The number of nitrogens with zero attached hydrogens (tertiary/aromatic N) is 2. The average molecular weight is 353 g/mol. The van der Waals surface area contributed by atoms with E-state index in [0.717, 1.165) is 5.56 Å². The summed E-state index contributed by atoms with van der Waals surface area (Å²) < 4.78 is 10.9. The number of hydrazone groups is 1. The Bertz CT molecular complexity index is 835. The van der Waals surface area contributed by atoms with E-state index in [2.05, 4.69) is 10.5 Å². The van der Waals surface area contributed by atoms with Crippen LogP contribution in [0.2, 0.25) is 0 Å². The molecule has 1 aliphatic rings. The van der Waals surface area contributed by atoms with Crippen LogP contribution in [0.4, 0.5) is 5.69 Å². The Balaban J connectivity index is 1.64. The Labute approximate surface area is 151 Å². The van der Waals surface area contributed by atoms with Gasteiger partial charge in [0.1, 0.15) is 18.0 Å². The van der Waals surface area contributed by atoms with Crippen LogP contribution in [0.15, 0.2) is 53.6 Å². The third-order valence-electron chi connectivity index (χ3n) is 3.72. The molecule has 7 nitrogen and oxygen atoms in total. The maximum Gasteiger partial charge on any atom is 0.265 e. The monoisotopic (exact) mass is 353 g/mol. The van der Waals surface area contributed by atoms with Gasteiger partial charge in [-0.1, -0.05) is 24.3 Å². The van der Waals surface area contributed by atoms with Crippen LogP contribution in [0.1, 0.15) is 12.5 Å². The van der Waals surface area contributed by atoms with Crippen LogP contribution in [0, 0.1) is 0 Å². The fourth-order valence-corrected chi connectivity index (χ4v) is 2.55. The minimum Gasteiger partial charge on any atom is -0.493 e. The molecule has 0 saturated heterocycles. The third kappa shape index (κ3) is 4.00. The quantitative estimate of drug-likeness (QED) is 0.636. The number of hydrogen-bond acceptors (Lipinski definition) is 5. The molecular formula is C19H19N3O4. The van der Waals surface area contributed by atoms with Crippen molar-refractivity contribution in [1.82, 2.24) is 5.43 Å². The summed E-state index contributed by atoms with van der Waals surface area (Å²) in [6, 6.07) is 14.5. The number of ether oxygens (including phenoxy) is 2. The first-order valence-electron chi connectivity index (χ1n) is 8.25. The average Bonchev–Trinajstić information content (AvgIpc) is 2.66. The van der Waals surface area contributed by atoms with Gasteiger partial charge in [0.2, 0.25) is 0 Å².